The first-order valence-electron chi connectivity index (χ1n) is 9.37. The van der Waals surface area contributed by atoms with Crippen molar-refractivity contribution in [2.75, 3.05) is 13.1 Å². The molecule has 0 aliphatic heterocycles. The van der Waals surface area contributed by atoms with Crippen molar-refractivity contribution in [2.24, 2.45) is 0 Å². The number of rotatable bonds is 9. The van der Waals surface area contributed by atoms with Crippen molar-refractivity contribution in [1.29, 1.82) is 0 Å². The minimum Gasteiger partial charge on any atom is -0.444 e. The Kier molecular flexibility index (Phi) is 9.34. The van der Waals surface area contributed by atoms with Gasteiger partial charge in [0.05, 0.1) is 0 Å². The predicted octanol–water partition coefficient (Wildman–Crippen LogP) is 4.45. The maximum Gasteiger partial charge on any atom is 0.412 e. The number of carbonyl (C=O) groups is 2. The molecule has 0 aliphatic carbocycles. The Morgan fingerprint density at radius 3 is 2.41 bits per heavy atom. The number of amides is 2. The van der Waals surface area contributed by atoms with E-state index in [0.717, 1.165) is 19.3 Å². The normalized spacial score (nSPS) is 11.6. The fourth-order valence-corrected chi connectivity index (χ4v) is 2.48. The molecule has 148 valence electrons. The molecule has 0 unspecified atom stereocenters. The third-order valence-electron chi connectivity index (χ3n) is 3.79. The smallest absolute Gasteiger partial charge is 0.412 e. The van der Waals surface area contributed by atoms with Gasteiger partial charge in [-0.25, -0.2) is 4.79 Å². The highest BCUT2D eigenvalue weighted by molar-refractivity contribution is 5.96. The summed E-state index contributed by atoms with van der Waals surface area (Å²) in [6, 6.07) is 10.0. The number of carbonyl (C=O) groups excluding carboxylic acids is 2. The molecular weight excluding hydrogens is 340 g/mol. The van der Waals surface area contributed by atoms with E-state index in [2.05, 4.69) is 11.9 Å². The van der Waals surface area contributed by atoms with E-state index in [9.17, 15) is 9.59 Å². The van der Waals surface area contributed by atoms with Gasteiger partial charge in [0.2, 0.25) is 0 Å². The van der Waals surface area contributed by atoms with Crippen molar-refractivity contribution in [3.05, 3.63) is 60.3 Å². The van der Waals surface area contributed by atoms with Crippen LogP contribution in [0.3, 0.4) is 0 Å². The van der Waals surface area contributed by atoms with Gasteiger partial charge in [-0.2, -0.15) is 0 Å². The first-order valence-corrected chi connectivity index (χ1v) is 9.37. The second-order valence-electron chi connectivity index (χ2n) is 7.29. The van der Waals surface area contributed by atoms with Gasteiger partial charge >= 0.3 is 6.09 Å². The molecule has 1 aromatic rings. The number of ether oxygens (including phenoxy) is 1. The standard InChI is InChI=1S/C22H32N2O3/c1-6-8-12-16-24(17-15-18-13-10-9-11-14-18)20(25)19(7-2)23-21(26)27-22(3,4)5/h6-7,9-11,13-14H,1,8,12,15-17H2,2-5H3,(H,23,26)/b19-7-. The quantitative estimate of drug-likeness (QED) is 0.396. The highest BCUT2D eigenvalue weighted by Crippen LogP contribution is 2.10. The molecule has 0 spiro atoms. The number of nitrogens with one attached hydrogen (secondary N) is 1. The lowest BCUT2D eigenvalue weighted by atomic mass is 10.1. The zero-order valence-electron chi connectivity index (χ0n) is 17.0. The number of unbranched alkanes of at least 4 members (excludes halogenated alkanes) is 1. The Balaban J connectivity index is 2.79. The topological polar surface area (TPSA) is 58.6 Å². The SMILES string of the molecule is C=CCCCN(CCc1ccccc1)C(=O)/C(=C/C)NC(=O)OC(C)(C)C. The number of allylic oxidation sites excluding steroid dienone is 2. The molecule has 0 atom stereocenters. The van der Waals surface area contributed by atoms with Crippen LogP contribution >= 0.6 is 0 Å². The van der Waals surface area contributed by atoms with E-state index in [4.69, 9.17) is 4.74 Å². The summed E-state index contributed by atoms with van der Waals surface area (Å²) >= 11 is 0. The molecule has 0 radical (unpaired) electrons. The number of alkyl carbamates (subject to hydrolysis) is 1. The highest BCUT2D eigenvalue weighted by Gasteiger charge is 2.22. The lowest BCUT2D eigenvalue weighted by Gasteiger charge is -2.25. The Morgan fingerprint density at radius 2 is 1.85 bits per heavy atom. The van der Waals surface area contributed by atoms with Gasteiger partial charge in [0.1, 0.15) is 11.3 Å². The summed E-state index contributed by atoms with van der Waals surface area (Å²) in [6.07, 6.45) is 5.24. The van der Waals surface area contributed by atoms with E-state index in [1.165, 1.54) is 5.56 Å². The maximum absolute atomic E-state index is 13.0. The van der Waals surface area contributed by atoms with Crippen LogP contribution in [0.15, 0.2) is 54.8 Å². The van der Waals surface area contributed by atoms with Crippen molar-refractivity contribution in [3.8, 4) is 0 Å². The number of hydrogen-bond acceptors (Lipinski definition) is 3. The Hall–Kier alpha value is -2.56. The Bertz CT molecular complexity index is 645. The molecule has 5 nitrogen and oxygen atoms in total. The van der Waals surface area contributed by atoms with Crippen molar-refractivity contribution in [1.82, 2.24) is 10.2 Å². The summed E-state index contributed by atoms with van der Waals surface area (Å²) in [5, 5.41) is 2.58. The molecule has 1 N–H and O–H groups in total. The van der Waals surface area contributed by atoms with E-state index in [1.54, 1.807) is 38.7 Å². The summed E-state index contributed by atoms with van der Waals surface area (Å²) in [4.78, 5) is 26.8. The van der Waals surface area contributed by atoms with Crippen LogP contribution in [0.4, 0.5) is 4.79 Å². The van der Waals surface area contributed by atoms with Gasteiger partial charge < -0.3 is 9.64 Å². The first-order chi connectivity index (χ1) is 12.8. The van der Waals surface area contributed by atoms with Crippen LogP contribution in [-0.4, -0.2) is 35.6 Å². The van der Waals surface area contributed by atoms with Gasteiger partial charge in [-0.1, -0.05) is 42.5 Å². The summed E-state index contributed by atoms with van der Waals surface area (Å²) < 4.78 is 5.25. The van der Waals surface area contributed by atoms with Crippen LogP contribution in [0.25, 0.3) is 0 Å². The Morgan fingerprint density at radius 1 is 1.19 bits per heavy atom. The van der Waals surface area contributed by atoms with E-state index >= 15 is 0 Å². The molecule has 0 aromatic heterocycles. The van der Waals surface area contributed by atoms with E-state index in [1.807, 2.05) is 36.4 Å². The minimum atomic E-state index is -0.627. The van der Waals surface area contributed by atoms with Gasteiger partial charge in [-0.15, -0.1) is 6.58 Å². The predicted molar refractivity (Wildman–Crippen MR) is 109 cm³/mol. The van der Waals surface area contributed by atoms with Gasteiger partial charge in [0.15, 0.2) is 0 Å². The highest BCUT2D eigenvalue weighted by atomic mass is 16.6. The van der Waals surface area contributed by atoms with Crippen LogP contribution in [0.1, 0.15) is 46.1 Å². The monoisotopic (exact) mass is 372 g/mol. The molecule has 0 aliphatic rings. The summed E-state index contributed by atoms with van der Waals surface area (Å²) in [6.45, 7) is 12.0. The lowest BCUT2D eigenvalue weighted by Crippen LogP contribution is -2.41. The molecule has 5 heteroatoms. The van der Waals surface area contributed by atoms with Crippen LogP contribution < -0.4 is 5.32 Å². The molecule has 1 aromatic carbocycles. The second-order valence-corrected chi connectivity index (χ2v) is 7.29. The van der Waals surface area contributed by atoms with E-state index in [0.29, 0.717) is 13.1 Å². The Labute approximate surface area is 163 Å². The zero-order chi connectivity index (χ0) is 20.3. The average molecular weight is 373 g/mol. The van der Waals surface area contributed by atoms with Crippen molar-refractivity contribution in [3.63, 3.8) is 0 Å². The molecule has 0 saturated carbocycles. The van der Waals surface area contributed by atoms with Gasteiger partial charge in [0, 0.05) is 13.1 Å². The van der Waals surface area contributed by atoms with Crippen LogP contribution in [0.5, 0.6) is 0 Å². The average Bonchev–Trinajstić information content (AvgIpc) is 2.61. The van der Waals surface area contributed by atoms with E-state index < -0.39 is 11.7 Å². The van der Waals surface area contributed by atoms with Gasteiger partial charge in [-0.3, -0.25) is 10.1 Å². The van der Waals surface area contributed by atoms with Crippen LogP contribution in [0, 0.1) is 0 Å². The fourth-order valence-electron chi connectivity index (χ4n) is 2.48. The van der Waals surface area contributed by atoms with Crippen molar-refractivity contribution >= 4 is 12.0 Å². The molecule has 27 heavy (non-hydrogen) atoms. The molecule has 0 fully saturated rings. The zero-order valence-corrected chi connectivity index (χ0v) is 17.0. The molecule has 2 amide bonds. The van der Waals surface area contributed by atoms with Gasteiger partial charge in [0.25, 0.3) is 5.91 Å². The number of benzene rings is 1. The molecular formula is C22H32N2O3. The van der Waals surface area contributed by atoms with Crippen molar-refractivity contribution < 1.29 is 14.3 Å². The van der Waals surface area contributed by atoms with E-state index in [-0.39, 0.29) is 11.6 Å². The molecule has 1 rings (SSSR count). The molecule has 0 heterocycles. The number of nitrogens with zero attached hydrogens (tertiary/aromatic N) is 1. The van der Waals surface area contributed by atoms with Crippen LogP contribution in [-0.2, 0) is 16.0 Å². The lowest BCUT2D eigenvalue weighted by molar-refractivity contribution is -0.127. The fraction of sp³-hybridized carbons (Fsp3) is 0.455. The summed E-state index contributed by atoms with van der Waals surface area (Å²) in [5.74, 6) is -0.205. The second kappa shape index (κ2) is 11.2. The van der Waals surface area contributed by atoms with Gasteiger partial charge in [-0.05, 0) is 52.5 Å². The minimum absolute atomic E-state index is 0.205. The number of hydrogen-bond donors (Lipinski definition) is 1. The molecule has 0 bridgehead atoms. The third-order valence-corrected chi connectivity index (χ3v) is 3.79. The largest absolute Gasteiger partial charge is 0.444 e. The van der Waals surface area contributed by atoms with Crippen molar-refractivity contribution in [2.45, 2.75) is 52.6 Å². The third kappa shape index (κ3) is 9.08. The first kappa shape index (κ1) is 22.5. The summed E-state index contributed by atoms with van der Waals surface area (Å²) in [7, 11) is 0. The summed E-state index contributed by atoms with van der Waals surface area (Å²) in [5.41, 5.74) is 0.778. The van der Waals surface area contributed by atoms with Crippen LogP contribution in [0.2, 0.25) is 0 Å². The maximum atomic E-state index is 13.0. The molecule has 0 saturated heterocycles.